The summed E-state index contributed by atoms with van der Waals surface area (Å²) >= 11 is 0. The van der Waals surface area contributed by atoms with E-state index < -0.39 is 0 Å². The van der Waals surface area contributed by atoms with Crippen LogP contribution in [0.5, 0.6) is 0 Å². The van der Waals surface area contributed by atoms with Gasteiger partial charge in [-0.3, -0.25) is 9.59 Å². The Bertz CT molecular complexity index is 752. The second-order valence-corrected chi connectivity index (χ2v) is 6.17. The minimum absolute atomic E-state index is 0.0579. The fourth-order valence-corrected chi connectivity index (χ4v) is 2.98. The van der Waals surface area contributed by atoms with Gasteiger partial charge in [-0.15, -0.1) is 0 Å². The van der Waals surface area contributed by atoms with Crippen molar-refractivity contribution in [2.45, 2.75) is 38.6 Å². The van der Waals surface area contributed by atoms with Crippen LogP contribution in [0.25, 0.3) is 0 Å². The van der Waals surface area contributed by atoms with Crippen molar-refractivity contribution in [1.29, 1.82) is 0 Å². The molecule has 26 heavy (non-hydrogen) atoms. The van der Waals surface area contributed by atoms with Crippen LogP contribution in [0.2, 0.25) is 0 Å². The van der Waals surface area contributed by atoms with Gasteiger partial charge in [0.05, 0.1) is 31.1 Å². The third-order valence-electron chi connectivity index (χ3n) is 4.18. The summed E-state index contributed by atoms with van der Waals surface area (Å²) in [6.45, 7) is 2.05. The van der Waals surface area contributed by atoms with E-state index in [9.17, 15) is 9.59 Å². The van der Waals surface area contributed by atoms with E-state index in [1.54, 1.807) is 19.3 Å². The normalized spacial score (nSPS) is 13.1. The Kier molecular flexibility index (Phi) is 5.78. The molecule has 7 nitrogen and oxygen atoms in total. The maximum Gasteiger partial charge on any atom is 0.306 e. The molecule has 1 aromatic carbocycles. The molecular weight excluding hydrogens is 332 g/mol. The zero-order chi connectivity index (χ0) is 18.4. The molecule has 136 valence electrons. The Balaban J connectivity index is 1.47. The highest BCUT2D eigenvalue weighted by atomic mass is 16.5. The highest BCUT2D eigenvalue weighted by molar-refractivity contribution is 5.92. The first-order chi connectivity index (χ1) is 12.6. The monoisotopic (exact) mass is 354 g/mol. The predicted octanol–water partition coefficient (Wildman–Crippen LogP) is 2.34. The summed E-state index contributed by atoms with van der Waals surface area (Å²) in [5, 5.41) is 6.00. The summed E-state index contributed by atoms with van der Waals surface area (Å²) in [5.74, 6) is -0.114. The molecule has 0 bridgehead atoms. The van der Waals surface area contributed by atoms with Gasteiger partial charge in [0.25, 0.3) is 0 Å². The molecule has 2 N–H and O–H groups in total. The van der Waals surface area contributed by atoms with Crippen LogP contribution >= 0.6 is 0 Å². The Morgan fingerprint density at radius 3 is 2.38 bits per heavy atom. The summed E-state index contributed by atoms with van der Waals surface area (Å²) in [5.41, 5.74) is 3.21. The number of carbonyl (C=O) groups is 2. The number of nitrogens with zero attached hydrogens (tertiary/aromatic N) is 2. The molecule has 1 amide bonds. The molecule has 0 saturated carbocycles. The molecule has 0 aliphatic heterocycles. The summed E-state index contributed by atoms with van der Waals surface area (Å²) in [7, 11) is 0. The lowest BCUT2D eigenvalue weighted by atomic mass is 10.1. The number of amides is 1. The van der Waals surface area contributed by atoms with Crippen LogP contribution in [0.3, 0.4) is 0 Å². The smallest absolute Gasteiger partial charge is 0.306 e. The van der Waals surface area contributed by atoms with Crippen molar-refractivity contribution in [3.8, 4) is 0 Å². The van der Waals surface area contributed by atoms with Gasteiger partial charge in [0.2, 0.25) is 11.9 Å². The number of nitrogens with one attached hydrogen (secondary N) is 2. The molecule has 0 fully saturated rings. The Hall–Kier alpha value is -2.96. The van der Waals surface area contributed by atoms with Crippen LogP contribution in [0.4, 0.5) is 11.6 Å². The first-order valence-corrected chi connectivity index (χ1v) is 8.75. The number of rotatable bonds is 7. The van der Waals surface area contributed by atoms with Gasteiger partial charge in [0.1, 0.15) is 0 Å². The second kappa shape index (κ2) is 8.42. The number of ether oxygens (including phenoxy) is 1. The van der Waals surface area contributed by atoms with Crippen molar-refractivity contribution < 1.29 is 14.3 Å². The molecule has 0 unspecified atom stereocenters. The SMILES string of the molecule is CCOC(=O)CCC(=O)Nc1cnc(NC2Cc3ccccc3C2)nc1. The fourth-order valence-electron chi connectivity index (χ4n) is 2.98. The molecule has 1 aliphatic rings. The number of esters is 1. The molecular formula is C19H22N4O3. The minimum atomic E-state index is -0.379. The van der Waals surface area contributed by atoms with Crippen molar-refractivity contribution >= 4 is 23.5 Å². The third-order valence-corrected chi connectivity index (χ3v) is 4.18. The van der Waals surface area contributed by atoms with Crippen LogP contribution in [0.1, 0.15) is 30.9 Å². The van der Waals surface area contributed by atoms with Gasteiger partial charge in [0.15, 0.2) is 0 Å². The minimum Gasteiger partial charge on any atom is -0.466 e. The molecule has 0 atom stereocenters. The molecule has 0 saturated heterocycles. The van der Waals surface area contributed by atoms with Crippen molar-refractivity contribution in [3.63, 3.8) is 0 Å². The van der Waals surface area contributed by atoms with E-state index in [2.05, 4.69) is 44.9 Å². The molecule has 1 heterocycles. The van der Waals surface area contributed by atoms with Crippen molar-refractivity contribution in [1.82, 2.24) is 9.97 Å². The topological polar surface area (TPSA) is 93.2 Å². The van der Waals surface area contributed by atoms with E-state index in [0.717, 1.165) is 12.8 Å². The van der Waals surface area contributed by atoms with Crippen LogP contribution in [-0.2, 0) is 27.2 Å². The zero-order valence-corrected chi connectivity index (χ0v) is 14.7. The molecule has 0 radical (unpaired) electrons. The first kappa shape index (κ1) is 17.8. The van der Waals surface area contributed by atoms with Crippen LogP contribution in [0, 0.1) is 0 Å². The number of aromatic nitrogens is 2. The molecule has 3 rings (SSSR count). The van der Waals surface area contributed by atoms with E-state index in [-0.39, 0.29) is 30.8 Å². The summed E-state index contributed by atoms with van der Waals surface area (Å²) in [4.78, 5) is 31.6. The predicted molar refractivity (Wildman–Crippen MR) is 97.8 cm³/mol. The molecule has 0 spiro atoms. The standard InChI is InChI=1S/C19H22N4O3/c1-2-26-18(25)8-7-17(24)22-16-11-20-19(21-12-16)23-15-9-13-5-3-4-6-14(13)10-15/h3-6,11-12,15H,2,7-10H2,1H3,(H,22,24)(H,20,21,23). The molecule has 1 aromatic heterocycles. The average molecular weight is 354 g/mol. The number of anilines is 2. The van der Waals surface area contributed by atoms with Gasteiger partial charge in [-0.1, -0.05) is 24.3 Å². The highest BCUT2D eigenvalue weighted by Gasteiger charge is 2.21. The van der Waals surface area contributed by atoms with Gasteiger partial charge in [-0.2, -0.15) is 0 Å². The van der Waals surface area contributed by atoms with Crippen molar-refractivity contribution in [3.05, 3.63) is 47.8 Å². The summed E-state index contributed by atoms with van der Waals surface area (Å²) in [6, 6.07) is 8.67. The van der Waals surface area contributed by atoms with Gasteiger partial charge in [-0.05, 0) is 30.9 Å². The lowest BCUT2D eigenvalue weighted by molar-refractivity contribution is -0.144. The lowest BCUT2D eigenvalue weighted by Crippen LogP contribution is -2.21. The van der Waals surface area contributed by atoms with Gasteiger partial charge >= 0.3 is 5.97 Å². The fraction of sp³-hybridized carbons (Fsp3) is 0.368. The second-order valence-electron chi connectivity index (χ2n) is 6.17. The van der Waals surface area contributed by atoms with Gasteiger partial charge < -0.3 is 15.4 Å². The zero-order valence-electron chi connectivity index (χ0n) is 14.7. The maximum absolute atomic E-state index is 11.8. The highest BCUT2D eigenvalue weighted by Crippen LogP contribution is 2.23. The van der Waals surface area contributed by atoms with E-state index in [4.69, 9.17) is 4.74 Å². The van der Waals surface area contributed by atoms with Gasteiger partial charge in [0, 0.05) is 12.5 Å². The Labute approximate surface area is 152 Å². The molecule has 7 heteroatoms. The largest absolute Gasteiger partial charge is 0.466 e. The lowest BCUT2D eigenvalue weighted by Gasteiger charge is -2.12. The molecule has 2 aromatic rings. The Morgan fingerprint density at radius 1 is 1.12 bits per heavy atom. The van der Waals surface area contributed by atoms with Crippen molar-refractivity contribution in [2.75, 3.05) is 17.2 Å². The average Bonchev–Trinajstić information content (AvgIpc) is 3.04. The number of carbonyl (C=O) groups excluding carboxylic acids is 2. The van der Waals surface area contributed by atoms with Gasteiger partial charge in [-0.25, -0.2) is 9.97 Å². The van der Waals surface area contributed by atoms with E-state index in [1.807, 2.05) is 0 Å². The van der Waals surface area contributed by atoms with Crippen LogP contribution in [-0.4, -0.2) is 34.5 Å². The van der Waals surface area contributed by atoms with Crippen LogP contribution < -0.4 is 10.6 Å². The number of fused-ring (bicyclic) bond motifs is 1. The van der Waals surface area contributed by atoms with Crippen molar-refractivity contribution in [2.24, 2.45) is 0 Å². The molecule has 1 aliphatic carbocycles. The quantitative estimate of drug-likeness (QED) is 0.742. The summed E-state index contributed by atoms with van der Waals surface area (Å²) in [6.07, 6.45) is 5.14. The van der Waals surface area contributed by atoms with E-state index in [1.165, 1.54) is 11.1 Å². The third kappa shape index (κ3) is 4.78. The number of hydrogen-bond acceptors (Lipinski definition) is 6. The Morgan fingerprint density at radius 2 is 1.77 bits per heavy atom. The van der Waals surface area contributed by atoms with Crippen LogP contribution in [0.15, 0.2) is 36.7 Å². The summed E-state index contributed by atoms with van der Waals surface area (Å²) < 4.78 is 4.79. The maximum atomic E-state index is 11.8. The van der Waals surface area contributed by atoms with E-state index in [0.29, 0.717) is 18.2 Å². The number of benzene rings is 1. The first-order valence-electron chi connectivity index (χ1n) is 8.75. The van der Waals surface area contributed by atoms with E-state index >= 15 is 0 Å². The number of hydrogen-bond donors (Lipinski definition) is 2.